The summed E-state index contributed by atoms with van der Waals surface area (Å²) in [6.45, 7) is 0. The topological polar surface area (TPSA) is 91.2 Å². The number of halogens is 3. The molecule has 6 nitrogen and oxygen atoms in total. The highest BCUT2D eigenvalue weighted by molar-refractivity contribution is 7.88. The Morgan fingerprint density at radius 3 is 2.56 bits per heavy atom. The number of hydrogen-bond donors (Lipinski definition) is 0. The van der Waals surface area contributed by atoms with Crippen LogP contribution in [-0.2, 0) is 10.1 Å². The fourth-order valence-electron chi connectivity index (χ4n) is 1.16. The van der Waals surface area contributed by atoms with Crippen LogP contribution in [0.25, 0.3) is 5.52 Å². The van der Waals surface area contributed by atoms with Gasteiger partial charge in [0.15, 0.2) is 5.75 Å². The van der Waals surface area contributed by atoms with Crippen LogP contribution in [0.4, 0.5) is 13.2 Å². The van der Waals surface area contributed by atoms with Crippen molar-refractivity contribution in [2.75, 3.05) is 0 Å². The summed E-state index contributed by atoms with van der Waals surface area (Å²) in [6, 6.07) is 3.77. The van der Waals surface area contributed by atoms with Gasteiger partial charge in [-0.05, 0) is 18.2 Å². The van der Waals surface area contributed by atoms with Crippen molar-refractivity contribution in [2.24, 2.45) is 0 Å². The smallest absolute Gasteiger partial charge is 0.374 e. The lowest BCUT2D eigenvalue weighted by Crippen LogP contribution is -2.28. The van der Waals surface area contributed by atoms with Gasteiger partial charge in [0.25, 0.3) is 0 Å². The molecule has 2 aromatic heterocycles. The fraction of sp³-hybridized carbons (Fsp3) is 0.125. The molecule has 0 unspecified atom stereocenters. The van der Waals surface area contributed by atoms with Crippen LogP contribution in [0.2, 0.25) is 0 Å². The van der Waals surface area contributed by atoms with Crippen LogP contribution in [0.5, 0.6) is 5.75 Å². The Morgan fingerprint density at radius 1 is 1.28 bits per heavy atom. The van der Waals surface area contributed by atoms with Gasteiger partial charge in [-0.1, -0.05) is 0 Å². The highest BCUT2D eigenvalue weighted by Gasteiger charge is 2.48. The van der Waals surface area contributed by atoms with Crippen molar-refractivity contribution in [2.45, 2.75) is 5.51 Å². The van der Waals surface area contributed by atoms with Crippen molar-refractivity contribution in [3.63, 3.8) is 0 Å². The summed E-state index contributed by atoms with van der Waals surface area (Å²) in [6.07, 6.45) is 2.75. The van der Waals surface area contributed by atoms with E-state index in [4.69, 9.17) is 0 Å². The van der Waals surface area contributed by atoms with E-state index >= 15 is 0 Å². The third-order valence-corrected chi connectivity index (χ3v) is 2.85. The normalized spacial score (nSPS) is 12.2. The molecule has 2 aromatic rings. The van der Waals surface area contributed by atoms with Crippen LogP contribution in [0, 0.1) is 0 Å². The number of aromatic nitrogens is 2. The highest BCUT2D eigenvalue weighted by atomic mass is 32.2. The molecule has 2 heterocycles. The van der Waals surface area contributed by atoms with E-state index in [1.165, 1.54) is 29.0 Å². The van der Waals surface area contributed by atoms with Gasteiger partial charge in [0.2, 0.25) is 0 Å². The monoisotopic (exact) mass is 280 g/mol. The fourth-order valence-corrected chi connectivity index (χ4v) is 1.63. The number of hydrogen-bond acceptors (Lipinski definition) is 4. The molecule has 0 saturated carbocycles. The Labute approximate surface area is 99.7 Å². The second-order valence-corrected chi connectivity index (χ2v) is 4.55. The van der Waals surface area contributed by atoms with E-state index in [9.17, 15) is 21.6 Å². The summed E-state index contributed by atoms with van der Waals surface area (Å²) < 4.78 is 63.2. The lowest BCUT2D eigenvalue weighted by Gasteiger charge is -2.09. The molecule has 0 N–H and O–H groups in total. The molecule has 0 aliphatic heterocycles. The molecular weight excluding hydrogens is 275 g/mol. The summed E-state index contributed by atoms with van der Waals surface area (Å²) in [5, 5.41) is 3.73. The molecule has 18 heavy (non-hydrogen) atoms. The van der Waals surface area contributed by atoms with E-state index in [0.29, 0.717) is 0 Å². The third-order valence-electron chi connectivity index (χ3n) is 1.88. The lowest BCUT2D eigenvalue weighted by molar-refractivity contribution is -0.0499. The van der Waals surface area contributed by atoms with Gasteiger partial charge < -0.3 is 4.18 Å². The van der Waals surface area contributed by atoms with Crippen LogP contribution >= 0.6 is 0 Å². The molecule has 97 valence electrons. The Morgan fingerprint density at radius 2 is 1.94 bits per heavy atom. The highest BCUT2D eigenvalue weighted by Crippen LogP contribution is 2.28. The van der Waals surface area contributed by atoms with Crippen LogP contribution in [0.1, 0.15) is 0 Å². The molecule has 0 saturated heterocycles. The average Bonchev–Trinajstić information content (AvgIpc) is 2.64. The largest absolute Gasteiger partial charge is 0.534 e. The summed E-state index contributed by atoms with van der Waals surface area (Å²) >= 11 is 0. The van der Waals surface area contributed by atoms with E-state index in [0.717, 1.165) is 6.07 Å². The quantitative estimate of drug-likeness (QED) is 0.608. The maximum atomic E-state index is 12.1. The zero-order valence-corrected chi connectivity index (χ0v) is 9.31. The number of pyridine rings is 1. The SMILES string of the molecule is O=S(=O)(Oc1cccn2nccc12)C(F)(F)F.[N]. The zero-order chi connectivity index (χ0) is 12.7. The van der Waals surface area contributed by atoms with Crippen molar-refractivity contribution < 1.29 is 25.8 Å². The molecule has 2 rings (SSSR count). The molecule has 0 spiro atoms. The van der Waals surface area contributed by atoms with E-state index < -0.39 is 21.4 Å². The van der Waals surface area contributed by atoms with Gasteiger partial charge in [-0.15, -0.1) is 0 Å². The van der Waals surface area contributed by atoms with E-state index in [2.05, 4.69) is 9.28 Å². The van der Waals surface area contributed by atoms with Crippen LogP contribution < -0.4 is 10.3 Å². The number of fused-ring (bicyclic) bond motifs is 1. The zero-order valence-electron chi connectivity index (χ0n) is 8.50. The first-order chi connectivity index (χ1) is 7.81. The molecule has 0 aliphatic carbocycles. The van der Waals surface area contributed by atoms with Gasteiger partial charge >= 0.3 is 15.6 Å². The van der Waals surface area contributed by atoms with Gasteiger partial charge in [-0.2, -0.15) is 26.7 Å². The first-order valence-electron chi connectivity index (χ1n) is 4.24. The Bertz CT molecular complexity index is 650. The minimum Gasteiger partial charge on any atom is -0.374 e. The second kappa shape index (κ2) is 4.46. The maximum absolute atomic E-state index is 12.1. The molecule has 0 aliphatic rings. The summed E-state index contributed by atoms with van der Waals surface area (Å²) in [5.41, 5.74) is -5.33. The van der Waals surface area contributed by atoms with Crippen LogP contribution in [0.15, 0.2) is 30.6 Å². The van der Waals surface area contributed by atoms with Crippen molar-refractivity contribution in [1.29, 1.82) is 0 Å². The minimum absolute atomic E-state index is 0. The second-order valence-electron chi connectivity index (χ2n) is 3.02. The molecule has 0 amide bonds. The maximum Gasteiger partial charge on any atom is 0.534 e. The van der Waals surface area contributed by atoms with Crippen molar-refractivity contribution >= 4 is 15.6 Å². The first-order valence-corrected chi connectivity index (χ1v) is 5.65. The Hall–Kier alpha value is -1.81. The third kappa shape index (κ3) is 2.38. The average molecular weight is 280 g/mol. The van der Waals surface area contributed by atoms with E-state index in [1.807, 2.05) is 0 Å². The first kappa shape index (κ1) is 14.3. The molecule has 0 atom stereocenters. The Kier molecular flexibility index (Phi) is 3.53. The molecular formula is C8H5F3N3O3S. The molecule has 0 bridgehead atoms. The summed E-state index contributed by atoms with van der Waals surface area (Å²) in [4.78, 5) is 0. The van der Waals surface area contributed by atoms with Gasteiger partial charge in [-0.3, -0.25) is 0 Å². The number of rotatable bonds is 2. The van der Waals surface area contributed by atoms with Crippen LogP contribution in [0.3, 0.4) is 0 Å². The summed E-state index contributed by atoms with van der Waals surface area (Å²) in [7, 11) is -5.66. The van der Waals surface area contributed by atoms with Crippen molar-refractivity contribution in [3.05, 3.63) is 30.6 Å². The van der Waals surface area contributed by atoms with E-state index in [-0.39, 0.29) is 11.7 Å². The molecule has 0 fully saturated rings. The van der Waals surface area contributed by atoms with Gasteiger partial charge in [-0.25, -0.2) is 4.52 Å². The molecule has 3 radical (unpaired) electrons. The minimum atomic E-state index is -5.66. The predicted octanol–water partition coefficient (Wildman–Crippen LogP) is 1.08. The van der Waals surface area contributed by atoms with Gasteiger partial charge in [0, 0.05) is 12.3 Å². The van der Waals surface area contributed by atoms with Crippen LogP contribution in [-0.4, -0.2) is 23.5 Å². The molecule has 0 aromatic carbocycles. The molecule has 10 heteroatoms. The predicted molar refractivity (Wildman–Crippen MR) is 52.9 cm³/mol. The number of nitrogens with zero attached hydrogens (tertiary/aromatic N) is 3. The summed E-state index contributed by atoms with van der Waals surface area (Å²) in [5.74, 6) is -0.428. The van der Waals surface area contributed by atoms with Crippen molar-refractivity contribution in [1.82, 2.24) is 15.8 Å². The Balaban J connectivity index is 0.00000162. The van der Waals surface area contributed by atoms with Crippen molar-refractivity contribution in [3.8, 4) is 5.75 Å². The standard InChI is InChI=1S/C8H5F3N2O3S.N/c9-8(10,11)17(14,15)16-7-2-1-5-13-6(7)3-4-12-13;/h1-5H;. The van der Waals surface area contributed by atoms with E-state index in [1.54, 1.807) is 0 Å². The van der Waals surface area contributed by atoms with Gasteiger partial charge in [0.05, 0.1) is 6.20 Å². The number of alkyl halides is 3. The van der Waals surface area contributed by atoms with Gasteiger partial charge in [0.1, 0.15) is 5.52 Å². The lowest BCUT2D eigenvalue weighted by atomic mass is 10.4.